The Hall–Kier alpha value is -1.75. The number of aldehydes is 1. The monoisotopic (exact) mass is 578 g/mol. The fourth-order valence-electron chi connectivity index (χ4n) is 1.87. The molecule has 0 aliphatic rings. The SMILES string of the molecule is COC(=O)CS.COC(=O)c1cc2ccc(Br)cc2s1.O=Cc1ccc(Br)cc1F. The number of thiophene rings is 1. The Morgan fingerprint density at radius 1 is 1.07 bits per heavy atom. The second kappa shape index (κ2) is 13.5. The Bertz CT molecular complexity index is 1020. The van der Waals surface area contributed by atoms with Gasteiger partial charge in [0, 0.05) is 13.6 Å². The van der Waals surface area contributed by atoms with Crippen LogP contribution in [-0.2, 0) is 14.3 Å². The van der Waals surface area contributed by atoms with Crippen LogP contribution >= 0.6 is 55.8 Å². The van der Waals surface area contributed by atoms with E-state index in [0.29, 0.717) is 15.6 Å². The third kappa shape index (κ3) is 8.55. The molecular weight excluding hydrogens is 563 g/mol. The molecule has 3 aromatic rings. The fourth-order valence-corrected chi connectivity index (χ4v) is 3.86. The molecule has 0 amide bonds. The summed E-state index contributed by atoms with van der Waals surface area (Å²) in [6, 6.07) is 12.1. The largest absolute Gasteiger partial charge is 0.468 e. The average Bonchev–Trinajstić information content (AvgIpc) is 3.16. The van der Waals surface area contributed by atoms with Gasteiger partial charge in [-0.2, -0.15) is 12.6 Å². The highest BCUT2D eigenvalue weighted by Gasteiger charge is 2.09. The number of benzene rings is 2. The summed E-state index contributed by atoms with van der Waals surface area (Å²) in [5, 5.41) is 1.07. The highest BCUT2D eigenvalue weighted by Crippen LogP contribution is 2.28. The van der Waals surface area contributed by atoms with Crippen LogP contribution in [0.4, 0.5) is 4.39 Å². The van der Waals surface area contributed by atoms with Gasteiger partial charge in [0.15, 0.2) is 6.29 Å². The number of halogens is 3. The van der Waals surface area contributed by atoms with Crippen molar-refractivity contribution >= 4 is 84.1 Å². The molecule has 3 rings (SSSR count). The number of thiol groups is 1. The molecule has 10 heteroatoms. The number of ether oxygens (including phenoxy) is 2. The van der Waals surface area contributed by atoms with Gasteiger partial charge in [0.1, 0.15) is 10.7 Å². The van der Waals surface area contributed by atoms with Crippen molar-refractivity contribution in [1.29, 1.82) is 0 Å². The summed E-state index contributed by atoms with van der Waals surface area (Å²) in [7, 11) is 2.72. The predicted octanol–water partition coefficient (Wildman–Crippen LogP) is 5.94. The zero-order valence-electron chi connectivity index (χ0n) is 15.9. The Morgan fingerprint density at radius 3 is 2.20 bits per heavy atom. The predicted molar refractivity (Wildman–Crippen MR) is 126 cm³/mol. The van der Waals surface area contributed by atoms with Crippen molar-refractivity contribution in [2.45, 2.75) is 0 Å². The fraction of sp³-hybridized carbons (Fsp3) is 0.150. The number of fused-ring (bicyclic) bond motifs is 1. The Kier molecular flexibility index (Phi) is 11.9. The molecule has 0 aliphatic carbocycles. The molecule has 2 aromatic carbocycles. The minimum absolute atomic E-state index is 0.0863. The van der Waals surface area contributed by atoms with Gasteiger partial charge in [0.2, 0.25) is 0 Å². The van der Waals surface area contributed by atoms with Crippen molar-refractivity contribution in [2.75, 3.05) is 20.0 Å². The van der Waals surface area contributed by atoms with Crippen LogP contribution in [0.5, 0.6) is 0 Å². The molecule has 5 nitrogen and oxygen atoms in total. The van der Waals surface area contributed by atoms with E-state index in [9.17, 15) is 18.8 Å². The minimum Gasteiger partial charge on any atom is -0.468 e. The molecule has 0 radical (unpaired) electrons. The first kappa shape index (κ1) is 26.3. The van der Waals surface area contributed by atoms with Gasteiger partial charge in [-0.15, -0.1) is 11.3 Å². The van der Waals surface area contributed by atoms with Gasteiger partial charge in [-0.25, -0.2) is 9.18 Å². The van der Waals surface area contributed by atoms with Crippen molar-refractivity contribution in [2.24, 2.45) is 0 Å². The molecule has 0 saturated carbocycles. The lowest BCUT2D eigenvalue weighted by Gasteiger charge is -1.92. The van der Waals surface area contributed by atoms with Crippen LogP contribution in [0.25, 0.3) is 10.1 Å². The molecule has 0 unspecified atom stereocenters. The smallest absolute Gasteiger partial charge is 0.348 e. The van der Waals surface area contributed by atoms with E-state index in [0.717, 1.165) is 14.6 Å². The maximum Gasteiger partial charge on any atom is 0.348 e. The van der Waals surface area contributed by atoms with Gasteiger partial charge in [0.25, 0.3) is 0 Å². The summed E-state index contributed by atoms with van der Waals surface area (Å²) in [4.78, 5) is 31.8. The molecule has 0 fully saturated rings. The van der Waals surface area contributed by atoms with E-state index < -0.39 is 5.82 Å². The van der Waals surface area contributed by atoms with Crippen LogP contribution in [0.15, 0.2) is 51.4 Å². The molecule has 0 aliphatic heterocycles. The van der Waals surface area contributed by atoms with Crippen LogP contribution in [0.1, 0.15) is 20.0 Å². The molecule has 160 valence electrons. The third-order valence-corrected chi connectivity index (χ3v) is 5.64. The van der Waals surface area contributed by atoms with Gasteiger partial charge < -0.3 is 9.47 Å². The van der Waals surface area contributed by atoms with Gasteiger partial charge in [0.05, 0.1) is 25.5 Å². The number of rotatable bonds is 3. The van der Waals surface area contributed by atoms with E-state index in [-0.39, 0.29) is 23.3 Å². The van der Waals surface area contributed by atoms with E-state index in [1.54, 1.807) is 6.07 Å². The first-order valence-corrected chi connectivity index (χ1v) is 11.1. The van der Waals surface area contributed by atoms with Crippen molar-refractivity contribution in [3.05, 3.63) is 67.7 Å². The highest BCUT2D eigenvalue weighted by atomic mass is 79.9. The number of hydrogen-bond acceptors (Lipinski definition) is 7. The summed E-state index contributed by atoms with van der Waals surface area (Å²) >= 11 is 11.5. The minimum atomic E-state index is -0.496. The summed E-state index contributed by atoms with van der Waals surface area (Å²) in [5.74, 6) is -0.902. The van der Waals surface area contributed by atoms with Crippen LogP contribution in [0.2, 0.25) is 0 Å². The number of hydrogen-bond donors (Lipinski definition) is 1. The molecular formula is C20H17Br2FO5S2. The van der Waals surface area contributed by atoms with E-state index in [2.05, 4.69) is 54.0 Å². The lowest BCUT2D eigenvalue weighted by Crippen LogP contribution is -1.99. The number of methoxy groups -OCH3 is 2. The van der Waals surface area contributed by atoms with Gasteiger partial charge in [-0.1, -0.05) is 37.9 Å². The van der Waals surface area contributed by atoms with E-state index >= 15 is 0 Å². The summed E-state index contributed by atoms with van der Waals surface area (Å²) in [5.41, 5.74) is 0.0863. The topological polar surface area (TPSA) is 69.7 Å². The van der Waals surface area contributed by atoms with Crippen LogP contribution in [-0.4, -0.2) is 38.2 Å². The first-order chi connectivity index (χ1) is 14.2. The molecule has 1 aromatic heterocycles. The Morgan fingerprint density at radius 2 is 1.70 bits per heavy atom. The van der Waals surface area contributed by atoms with Gasteiger partial charge >= 0.3 is 11.9 Å². The summed E-state index contributed by atoms with van der Waals surface area (Å²) < 4.78 is 24.2. The third-order valence-electron chi connectivity index (χ3n) is 3.31. The van der Waals surface area contributed by atoms with Crippen LogP contribution < -0.4 is 0 Å². The zero-order chi connectivity index (χ0) is 22.7. The van der Waals surface area contributed by atoms with Gasteiger partial charge in [-0.3, -0.25) is 9.59 Å². The second-order valence-corrected chi connectivity index (χ2v) is 8.53. The number of carbonyl (C=O) groups excluding carboxylic acids is 3. The maximum absolute atomic E-state index is 12.6. The maximum atomic E-state index is 12.6. The van der Waals surface area contributed by atoms with E-state index in [1.807, 2.05) is 24.3 Å². The summed E-state index contributed by atoms with van der Waals surface area (Å²) in [6.07, 6.45) is 0.488. The quantitative estimate of drug-likeness (QED) is 0.236. The zero-order valence-corrected chi connectivity index (χ0v) is 20.7. The lowest BCUT2D eigenvalue weighted by atomic mass is 10.2. The average molecular weight is 580 g/mol. The van der Waals surface area contributed by atoms with E-state index in [1.165, 1.54) is 37.7 Å². The Labute approximate surface area is 199 Å². The van der Waals surface area contributed by atoms with E-state index in [4.69, 9.17) is 0 Å². The van der Waals surface area contributed by atoms with Crippen LogP contribution in [0.3, 0.4) is 0 Å². The number of carbonyl (C=O) groups is 3. The van der Waals surface area contributed by atoms with Crippen LogP contribution in [0, 0.1) is 5.82 Å². The molecule has 0 bridgehead atoms. The molecule has 0 saturated heterocycles. The Balaban J connectivity index is 0.000000247. The first-order valence-electron chi connectivity index (χ1n) is 8.11. The van der Waals surface area contributed by atoms with Crippen molar-refractivity contribution < 1.29 is 28.2 Å². The van der Waals surface area contributed by atoms with Gasteiger partial charge in [-0.05, 0) is 41.8 Å². The highest BCUT2D eigenvalue weighted by molar-refractivity contribution is 9.10. The van der Waals surface area contributed by atoms with Crippen molar-refractivity contribution in [1.82, 2.24) is 0 Å². The second-order valence-electron chi connectivity index (χ2n) is 5.30. The summed E-state index contributed by atoms with van der Waals surface area (Å²) in [6.45, 7) is 0. The lowest BCUT2D eigenvalue weighted by molar-refractivity contribution is -0.137. The normalized spacial score (nSPS) is 9.53. The van der Waals surface area contributed by atoms with Crippen molar-refractivity contribution in [3.63, 3.8) is 0 Å². The molecule has 30 heavy (non-hydrogen) atoms. The van der Waals surface area contributed by atoms with Crippen molar-refractivity contribution in [3.8, 4) is 0 Å². The number of esters is 2. The molecule has 0 N–H and O–H groups in total. The molecule has 0 atom stereocenters. The molecule has 1 heterocycles. The standard InChI is InChI=1S/C10H7BrO2S.C7H4BrFO.C3H6O2S/c1-13-10(12)9-4-6-2-3-7(11)5-8(6)14-9;8-6-2-1-5(4-10)7(9)3-6;1-5-3(4)2-6/h2-5H,1H3;1-4H;6H,2H2,1H3. The molecule has 0 spiro atoms.